The molecule has 2 aromatic rings. The number of sulfone groups is 1. The molecule has 0 aliphatic carbocycles. The van der Waals surface area contributed by atoms with Crippen LogP contribution in [0.5, 0.6) is 0 Å². The maximum absolute atomic E-state index is 11.9. The molecule has 120 valence electrons. The topological polar surface area (TPSA) is 98.5 Å². The molecule has 0 atom stereocenters. The second-order valence-electron chi connectivity index (χ2n) is 4.81. The number of Topliss-reactive ketones (excluding diaryl/α,β-unsaturated/α-hetero) is 1. The Morgan fingerprint density at radius 2 is 1.91 bits per heavy atom. The van der Waals surface area contributed by atoms with E-state index in [-0.39, 0.29) is 17.0 Å². The minimum absolute atomic E-state index is 0.00420. The van der Waals surface area contributed by atoms with Gasteiger partial charge in [-0.25, -0.2) is 13.1 Å². The number of aliphatic imine (C=N–C) groups is 1. The Morgan fingerprint density at radius 1 is 1.26 bits per heavy atom. The third-order valence-electron chi connectivity index (χ3n) is 3.06. The van der Waals surface area contributed by atoms with Crippen molar-refractivity contribution in [1.82, 2.24) is 9.78 Å². The van der Waals surface area contributed by atoms with Gasteiger partial charge in [-0.05, 0) is 24.3 Å². The number of rotatable bonds is 5. The van der Waals surface area contributed by atoms with Crippen LogP contribution in [0.25, 0.3) is 5.69 Å². The van der Waals surface area contributed by atoms with E-state index in [4.69, 9.17) is 0 Å². The van der Waals surface area contributed by atoms with Gasteiger partial charge in [-0.2, -0.15) is 5.10 Å². The second-order valence-corrected chi connectivity index (χ2v) is 6.82. The molecular weight excluding hydrogens is 318 g/mol. The first-order chi connectivity index (χ1) is 10.8. The Balaban J connectivity index is 2.41. The highest BCUT2D eigenvalue weighted by Gasteiger charge is 2.13. The second kappa shape index (κ2) is 6.66. The van der Waals surface area contributed by atoms with Crippen LogP contribution < -0.4 is 5.43 Å². The zero-order valence-electron chi connectivity index (χ0n) is 12.6. The quantitative estimate of drug-likeness (QED) is 0.598. The van der Waals surface area contributed by atoms with Crippen LogP contribution in [0.4, 0.5) is 0 Å². The third-order valence-corrected chi connectivity index (χ3v) is 4.19. The molecule has 0 fully saturated rings. The molecule has 0 saturated carbocycles. The molecule has 0 amide bonds. The summed E-state index contributed by atoms with van der Waals surface area (Å²) in [7, 11) is -1.75. The summed E-state index contributed by atoms with van der Waals surface area (Å²) in [5.74, 6) is -0.428. The van der Waals surface area contributed by atoms with Crippen molar-refractivity contribution in [2.75, 3.05) is 13.3 Å². The van der Waals surface area contributed by atoms with Crippen molar-refractivity contribution in [2.24, 2.45) is 4.99 Å². The molecular formula is C15H15N3O4S. The minimum atomic E-state index is -3.29. The van der Waals surface area contributed by atoms with Crippen LogP contribution in [-0.4, -0.2) is 43.5 Å². The van der Waals surface area contributed by atoms with E-state index in [1.54, 1.807) is 12.1 Å². The molecule has 0 aliphatic rings. The average molecular weight is 333 g/mol. The molecule has 0 saturated heterocycles. The van der Waals surface area contributed by atoms with Gasteiger partial charge in [0.1, 0.15) is 0 Å². The highest BCUT2D eigenvalue weighted by molar-refractivity contribution is 7.90. The predicted octanol–water partition coefficient (Wildman–Crippen LogP) is 0.909. The van der Waals surface area contributed by atoms with Crippen molar-refractivity contribution in [3.8, 4) is 5.69 Å². The first kappa shape index (κ1) is 16.8. The van der Waals surface area contributed by atoms with Gasteiger partial charge in [-0.15, -0.1) is 0 Å². The molecule has 0 spiro atoms. The van der Waals surface area contributed by atoms with E-state index in [1.165, 1.54) is 42.3 Å². The number of ketones is 1. The number of carbonyl (C=O) groups excluding carboxylic acids is 1. The normalized spacial score (nSPS) is 11.7. The molecule has 1 heterocycles. The van der Waals surface area contributed by atoms with Crippen LogP contribution in [-0.2, 0) is 9.84 Å². The molecule has 8 heteroatoms. The largest absolute Gasteiger partial charge is 0.300 e. The number of aromatic nitrogens is 2. The maximum Gasteiger partial charge on any atom is 0.211 e. The molecule has 1 aromatic carbocycles. The molecule has 23 heavy (non-hydrogen) atoms. The molecule has 0 bridgehead atoms. The Morgan fingerprint density at radius 3 is 2.48 bits per heavy atom. The lowest BCUT2D eigenvalue weighted by molar-refractivity contribution is 0.0994. The van der Waals surface area contributed by atoms with Gasteiger partial charge < -0.3 is 4.99 Å². The molecule has 0 N–H and O–H groups in total. The number of carbonyl (C=O) groups is 1. The first-order valence-electron chi connectivity index (χ1n) is 6.67. The molecule has 7 nitrogen and oxygen atoms in total. The summed E-state index contributed by atoms with van der Waals surface area (Å²) in [6, 6.07) is 7.23. The van der Waals surface area contributed by atoms with Crippen molar-refractivity contribution in [3.05, 3.63) is 52.4 Å². The number of nitrogens with zero attached hydrogens (tertiary/aromatic N) is 3. The van der Waals surface area contributed by atoms with E-state index in [0.29, 0.717) is 5.69 Å². The van der Waals surface area contributed by atoms with Crippen molar-refractivity contribution in [2.45, 2.75) is 11.3 Å². The van der Waals surface area contributed by atoms with Gasteiger partial charge in [0.05, 0.1) is 10.6 Å². The zero-order chi connectivity index (χ0) is 17.0. The van der Waals surface area contributed by atoms with Crippen LogP contribution in [0, 0.1) is 0 Å². The van der Waals surface area contributed by atoms with Gasteiger partial charge in [-0.1, -0.05) is 0 Å². The van der Waals surface area contributed by atoms with E-state index in [9.17, 15) is 18.0 Å². The summed E-state index contributed by atoms with van der Waals surface area (Å²) in [4.78, 5) is 27.6. The average Bonchev–Trinajstić information content (AvgIpc) is 2.52. The van der Waals surface area contributed by atoms with Crippen molar-refractivity contribution in [1.29, 1.82) is 0 Å². The van der Waals surface area contributed by atoms with Gasteiger partial charge in [0.2, 0.25) is 5.43 Å². The standard InChI is InChI=1S/C15H15N3O4S/c1-16-9-7-13(19)15-14(20)8-10-18(17-15)11-3-5-12(6-4-11)23(2,21)22/h3-6,8-10H,7H2,1-2H3. The predicted molar refractivity (Wildman–Crippen MR) is 86.3 cm³/mol. The minimum Gasteiger partial charge on any atom is -0.300 e. The van der Waals surface area contributed by atoms with E-state index < -0.39 is 21.0 Å². The highest BCUT2D eigenvalue weighted by atomic mass is 32.2. The summed E-state index contributed by atoms with van der Waals surface area (Å²) in [5.41, 5.74) is -0.112. The van der Waals surface area contributed by atoms with Crippen molar-refractivity contribution >= 4 is 21.8 Å². The van der Waals surface area contributed by atoms with Crippen LogP contribution in [0.15, 0.2) is 51.2 Å². The van der Waals surface area contributed by atoms with Crippen LogP contribution in [0.1, 0.15) is 16.9 Å². The molecule has 2 rings (SSSR count). The van der Waals surface area contributed by atoms with E-state index >= 15 is 0 Å². The van der Waals surface area contributed by atoms with Crippen LogP contribution in [0.2, 0.25) is 0 Å². The van der Waals surface area contributed by atoms with Crippen LogP contribution >= 0.6 is 0 Å². The highest BCUT2D eigenvalue weighted by Crippen LogP contribution is 2.12. The fraction of sp³-hybridized carbons (Fsp3) is 0.200. The lowest BCUT2D eigenvalue weighted by atomic mass is 10.2. The smallest absolute Gasteiger partial charge is 0.211 e. The molecule has 0 aliphatic heterocycles. The monoisotopic (exact) mass is 333 g/mol. The van der Waals surface area contributed by atoms with Gasteiger partial charge in [-0.3, -0.25) is 9.59 Å². The molecule has 0 unspecified atom stereocenters. The summed E-state index contributed by atoms with van der Waals surface area (Å²) in [6.07, 6.45) is 3.94. The maximum atomic E-state index is 11.9. The van der Waals surface area contributed by atoms with E-state index in [1.807, 2.05) is 0 Å². The SMILES string of the molecule is CN=CCC(=O)c1nn(-c2ccc(S(C)(=O)=O)cc2)ccc1=O. The summed E-state index contributed by atoms with van der Waals surface area (Å²) in [5, 5.41) is 4.03. The molecule has 1 aromatic heterocycles. The first-order valence-corrected chi connectivity index (χ1v) is 8.56. The summed E-state index contributed by atoms with van der Waals surface area (Å²) >= 11 is 0. The third kappa shape index (κ3) is 3.98. The van der Waals surface area contributed by atoms with Crippen molar-refractivity contribution in [3.63, 3.8) is 0 Å². The summed E-state index contributed by atoms with van der Waals surface area (Å²) in [6.45, 7) is 0. The van der Waals surface area contributed by atoms with Gasteiger partial charge in [0.15, 0.2) is 21.3 Å². The fourth-order valence-corrected chi connectivity index (χ4v) is 2.49. The van der Waals surface area contributed by atoms with Gasteiger partial charge in [0.25, 0.3) is 0 Å². The molecule has 0 radical (unpaired) electrons. The fourth-order valence-electron chi connectivity index (χ4n) is 1.86. The lowest BCUT2D eigenvalue weighted by Gasteiger charge is -2.07. The van der Waals surface area contributed by atoms with Crippen molar-refractivity contribution < 1.29 is 13.2 Å². The van der Waals surface area contributed by atoms with Gasteiger partial charge in [0, 0.05) is 38.2 Å². The Labute approximate surface area is 133 Å². The Hall–Kier alpha value is -2.61. The van der Waals surface area contributed by atoms with Gasteiger partial charge >= 0.3 is 0 Å². The number of benzene rings is 1. The van der Waals surface area contributed by atoms with E-state index in [0.717, 1.165) is 6.26 Å². The van der Waals surface area contributed by atoms with E-state index in [2.05, 4.69) is 10.1 Å². The Kier molecular flexibility index (Phi) is 4.85. The summed E-state index contributed by atoms with van der Waals surface area (Å²) < 4.78 is 24.2. The lowest BCUT2D eigenvalue weighted by Crippen LogP contribution is -2.20. The number of hydrogen-bond acceptors (Lipinski definition) is 6. The Bertz CT molecular complexity index is 912. The number of hydrogen-bond donors (Lipinski definition) is 0. The zero-order valence-corrected chi connectivity index (χ0v) is 13.4. The van der Waals surface area contributed by atoms with Crippen LogP contribution in [0.3, 0.4) is 0 Å².